The molecular weight excluding hydrogens is 128 g/mol. The number of hydrogen-bond donors (Lipinski definition) is 2. The summed E-state index contributed by atoms with van der Waals surface area (Å²) in [5, 5.41) is 4.48. The van der Waals surface area contributed by atoms with Gasteiger partial charge >= 0.3 is 0 Å². The third kappa shape index (κ3) is 5.23. The molecule has 0 aliphatic carbocycles. The maximum absolute atomic E-state index is 9.96. The van der Waals surface area contributed by atoms with E-state index in [2.05, 4.69) is 17.4 Å². The summed E-state index contributed by atoms with van der Waals surface area (Å²) in [7, 11) is -3.59. The fourth-order valence-corrected chi connectivity index (χ4v) is 0.371. The Kier molecular flexibility index (Phi) is 2.27. The molecule has 0 fully saturated rings. The fraction of sp³-hybridized carbons (Fsp3) is 0. The second-order valence-corrected chi connectivity index (χ2v) is 2.34. The van der Waals surface area contributed by atoms with E-state index >= 15 is 0 Å². The molecule has 0 radical (unpaired) electrons. The van der Waals surface area contributed by atoms with Crippen molar-refractivity contribution in [2.75, 3.05) is 0 Å². The van der Waals surface area contributed by atoms with Crippen molar-refractivity contribution >= 4 is 10.2 Å². The van der Waals surface area contributed by atoms with Crippen molar-refractivity contribution in [2.45, 2.75) is 0 Å². The molecule has 5 heteroatoms. The molecule has 0 aliphatic heterocycles. The van der Waals surface area contributed by atoms with Gasteiger partial charge in [0.15, 0.2) is 0 Å². The summed E-state index contributed by atoms with van der Waals surface area (Å²) in [6.45, 7) is 3.10. The van der Waals surface area contributed by atoms with E-state index in [-0.39, 0.29) is 0 Å². The molecule has 8 heavy (non-hydrogen) atoms. The minimum atomic E-state index is -3.59. The van der Waals surface area contributed by atoms with Gasteiger partial charge in [0.05, 0.1) is 6.20 Å². The van der Waals surface area contributed by atoms with Crippen molar-refractivity contribution < 1.29 is 8.42 Å². The van der Waals surface area contributed by atoms with Gasteiger partial charge in [0.1, 0.15) is 0 Å². The molecule has 0 aromatic heterocycles. The highest BCUT2D eigenvalue weighted by Crippen LogP contribution is 1.63. The zero-order valence-corrected chi connectivity index (χ0v) is 4.90. The lowest BCUT2D eigenvalue weighted by molar-refractivity contribution is 0.592. The number of nitrogens with one attached hydrogen (secondary N) is 1. The SMILES string of the molecule is C=C=CNS(N)(=O)=O. The van der Waals surface area contributed by atoms with E-state index in [0.717, 1.165) is 6.20 Å². The van der Waals surface area contributed by atoms with Crippen LogP contribution in [0.1, 0.15) is 0 Å². The summed E-state index contributed by atoms with van der Waals surface area (Å²) in [5.74, 6) is 0. The van der Waals surface area contributed by atoms with Crippen molar-refractivity contribution in [1.29, 1.82) is 0 Å². The Hall–Kier alpha value is -0.770. The Morgan fingerprint density at radius 1 is 1.75 bits per heavy atom. The van der Waals surface area contributed by atoms with Crippen molar-refractivity contribution in [2.24, 2.45) is 5.14 Å². The van der Waals surface area contributed by atoms with E-state index < -0.39 is 10.2 Å². The topological polar surface area (TPSA) is 72.2 Å². The highest BCUT2D eigenvalue weighted by Gasteiger charge is 1.90. The summed E-state index contributed by atoms with van der Waals surface area (Å²) >= 11 is 0. The Bertz CT molecular complexity index is 199. The zero-order chi connectivity index (χ0) is 6.62. The molecule has 4 nitrogen and oxygen atoms in total. The zero-order valence-electron chi connectivity index (χ0n) is 4.09. The number of nitrogens with two attached hydrogens (primary N) is 1. The van der Waals surface area contributed by atoms with Crippen molar-refractivity contribution in [3.05, 3.63) is 18.5 Å². The van der Waals surface area contributed by atoms with Crippen LogP contribution >= 0.6 is 0 Å². The van der Waals surface area contributed by atoms with Gasteiger partial charge in [-0.25, -0.2) is 5.14 Å². The molecule has 0 saturated heterocycles. The van der Waals surface area contributed by atoms with Gasteiger partial charge in [-0.2, -0.15) is 8.42 Å². The Morgan fingerprint density at radius 3 is 2.38 bits per heavy atom. The van der Waals surface area contributed by atoms with Gasteiger partial charge in [-0.1, -0.05) is 6.58 Å². The largest absolute Gasteiger partial charge is 0.296 e. The molecule has 0 amide bonds. The Morgan fingerprint density at radius 2 is 2.25 bits per heavy atom. The highest BCUT2D eigenvalue weighted by molar-refractivity contribution is 7.87. The maximum Gasteiger partial charge on any atom is 0.296 e. The van der Waals surface area contributed by atoms with Crippen LogP contribution < -0.4 is 9.86 Å². The standard InChI is InChI=1S/C3H6N2O2S/c1-2-3-5-8(4,6)7/h3,5H,1H2,(H2,4,6,7). The van der Waals surface area contributed by atoms with Crippen LogP contribution in [0.5, 0.6) is 0 Å². The van der Waals surface area contributed by atoms with Crippen molar-refractivity contribution in [1.82, 2.24) is 4.72 Å². The summed E-state index contributed by atoms with van der Waals surface area (Å²) in [6, 6.07) is 0. The first-order valence-electron chi connectivity index (χ1n) is 1.70. The van der Waals surface area contributed by atoms with Crippen LogP contribution in [0.4, 0.5) is 0 Å². The minimum Gasteiger partial charge on any atom is -0.271 e. The second-order valence-electron chi connectivity index (χ2n) is 1.01. The van der Waals surface area contributed by atoms with Gasteiger partial charge in [0.25, 0.3) is 10.2 Å². The Labute approximate surface area is 47.9 Å². The van der Waals surface area contributed by atoms with E-state index in [9.17, 15) is 8.42 Å². The third-order valence-electron chi connectivity index (χ3n) is 0.325. The summed E-state index contributed by atoms with van der Waals surface area (Å²) < 4.78 is 21.7. The summed E-state index contributed by atoms with van der Waals surface area (Å²) in [6.07, 6.45) is 1.01. The predicted molar refractivity (Wildman–Crippen MR) is 30.0 cm³/mol. The molecule has 0 atom stereocenters. The van der Waals surface area contributed by atoms with Crippen molar-refractivity contribution in [3.63, 3.8) is 0 Å². The molecular formula is C3H6N2O2S. The summed E-state index contributed by atoms with van der Waals surface area (Å²) in [4.78, 5) is 0. The molecule has 0 rings (SSSR count). The monoisotopic (exact) mass is 134 g/mol. The van der Waals surface area contributed by atoms with Crippen molar-refractivity contribution in [3.8, 4) is 0 Å². The van der Waals surface area contributed by atoms with Crippen LogP contribution in [0.3, 0.4) is 0 Å². The van der Waals surface area contributed by atoms with E-state index in [4.69, 9.17) is 0 Å². The number of hydrogen-bond acceptors (Lipinski definition) is 2. The lowest BCUT2D eigenvalue weighted by atomic mass is 10.9. The van der Waals surface area contributed by atoms with E-state index in [1.165, 1.54) is 0 Å². The van der Waals surface area contributed by atoms with Crippen LogP contribution in [0.2, 0.25) is 0 Å². The van der Waals surface area contributed by atoms with E-state index in [1.54, 1.807) is 0 Å². The smallest absolute Gasteiger partial charge is 0.271 e. The first-order chi connectivity index (χ1) is 3.56. The van der Waals surface area contributed by atoms with E-state index in [1.807, 2.05) is 4.72 Å². The molecule has 0 heterocycles. The van der Waals surface area contributed by atoms with Gasteiger partial charge < -0.3 is 0 Å². The average Bonchev–Trinajstić information content (AvgIpc) is 1.59. The molecule has 3 N–H and O–H groups in total. The molecule has 0 aliphatic rings. The Balaban J connectivity index is 3.94. The molecule has 0 aromatic rings. The number of rotatable bonds is 2. The van der Waals surface area contributed by atoms with E-state index in [0.29, 0.717) is 0 Å². The fourth-order valence-electron chi connectivity index (χ4n) is 0.124. The third-order valence-corrected chi connectivity index (χ3v) is 0.772. The molecule has 0 bridgehead atoms. The molecule has 0 spiro atoms. The van der Waals surface area contributed by atoms with Crippen LogP contribution in [0, 0.1) is 0 Å². The molecule has 0 saturated carbocycles. The van der Waals surface area contributed by atoms with Gasteiger partial charge in [-0.3, -0.25) is 4.72 Å². The first kappa shape index (κ1) is 7.23. The van der Waals surface area contributed by atoms with Gasteiger partial charge in [-0.05, 0) is 0 Å². The maximum atomic E-state index is 9.96. The average molecular weight is 134 g/mol. The van der Waals surface area contributed by atoms with Crippen LogP contribution in [-0.2, 0) is 10.2 Å². The highest BCUT2D eigenvalue weighted by atomic mass is 32.2. The van der Waals surface area contributed by atoms with Crippen LogP contribution in [0.15, 0.2) is 18.5 Å². The molecule has 0 unspecified atom stereocenters. The second kappa shape index (κ2) is 2.52. The lowest BCUT2D eigenvalue weighted by Gasteiger charge is -1.89. The summed E-state index contributed by atoms with van der Waals surface area (Å²) in [5.41, 5.74) is 2.18. The van der Waals surface area contributed by atoms with Crippen LogP contribution in [0.25, 0.3) is 0 Å². The minimum absolute atomic E-state index is 1.01. The quantitative estimate of drug-likeness (QED) is 0.479. The first-order valence-corrected chi connectivity index (χ1v) is 3.25. The lowest BCUT2D eigenvalue weighted by Crippen LogP contribution is -2.25. The van der Waals surface area contributed by atoms with Gasteiger partial charge in [0.2, 0.25) is 0 Å². The normalized spacial score (nSPS) is 9.62. The van der Waals surface area contributed by atoms with Gasteiger partial charge in [0, 0.05) is 0 Å². The van der Waals surface area contributed by atoms with Crippen LogP contribution in [-0.4, -0.2) is 8.42 Å². The molecule has 46 valence electrons. The van der Waals surface area contributed by atoms with Gasteiger partial charge in [-0.15, -0.1) is 5.73 Å². The predicted octanol–water partition coefficient (Wildman–Crippen LogP) is -0.922. The molecule has 0 aromatic carbocycles.